The van der Waals surface area contributed by atoms with E-state index in [1.807, 2.05) is 6.07 Å². The molecule has 1 aromatic rings. The van der Waals surface area contributed by atoms with E-state index < -0.39 is 0 Å². The number of rotatable bonds is 4. The van der Waals surface area contributed by atoms with Crippen LogP contribution in [0, 0.1) is 11.3 Å². The lowest BCUT2D eigenvalue weighted by molar-refractivity contribution is 0.0737. The van der Waals surface area contributed by atoms with E-state index in [4.69, 9.17) is 5.26 Å². The van der Waals surface area contributed by atoms with Gasteiger partial charge in [0.15, 0.2) is 5.69 Å². The van der Waals surface area contributed by atoms with Crippen LogP contribution in [0.15, 0.2) is 18.3 Å². The SMILES string of the molecule is N#CCCN(C(=O)c1ncccc1O)C1CC1. The van der Waals surface area contributed by atoms with Crippen molar-refractivity contribution >= 4 is 5.91 Å². The van der Waals surface area contributed by atoms with Gasteiger partial charge >= 0.3 is 0 Å². The maximum atomic E-state index is 12.1. The molecule has 0 aliphatic heterocycles. The van der Waals surface area contributed by atoms with Crippen LogP contribution in [0.2, 0.25) is 0 Å². The van der Waals surface area contributed by atoms with Crippen molar-refractivity contribution in [1.82, 2.24) is 9.88 Å². The Hall–Kier alpha value is -2.09. The smallest absolute Gasteiger partial charge is 0.276 e. The molecule has 5 heteroatoms. The van der Waals surface area contributed by atoms with Crippen LogP contribution in [0.25, 0.3) is 0 Å². The van der Waals surface area contributed by atoms with Crippen LogP contribution in [0.5, 0.6) is 5.75 Å². The van der Waals surface area contributed by atoms with Crippen molar-refractivity contribution < 1.29 is 9.90 Å². The number of aromatic nitrogens is 1. The molecule has 1 aliphatic rings. The molecule has 2 rings (SSSR count). The summed E-state index contributed by atoms with van der Waals surface area (Å²) in [5.41, 5.74) is 0.0670. The van der Waals surface area contributed by atoms with Gasteiger partial charge in [-0.15, -0.1) is 0 Å². The van der Waals surface area contributed by atoms with Crippen molar-refractivity contribution in [2.45, 2.75) is 25.3 Å². The predicted octanol–water partition coefficient (Wildman–Crippen LogP) is 1.31. The van der Waals surface area contributed by atoms with Gasteiger partial charge in [0.05, 0.1) is 12.5 Å². The summed E-state index contributed by atoms with van der Waals surface area (Å²) >= 11 is 0. The van der Waals surface area contributed by atoms with Crippen LogP contribution in [-0.4, -0.2) is 33.5 Å². The molecule has 1 heterocycles. The molecule has 1 N–H and O–H groups in total. The number of nitriles is 1. The number of nitrogens with zero attached hydrogens (tertiary/aromatic N) is 3. The van der Waals surface area contributed by atoms with E-state index in [-0.39, 0.29) is 23.4 Å². The van der Waals surface area contributed by atoms with Crippen molar-refractivity contribution in [1.29, 1.82) is 5.26 Å². The van der Waals surface area contributed by atoms with Crippen molar-refractivity contribution in [3.63, 3.8) is 0 Å². The quantitative estimate of drug-likeness (QED) is 0.847. The zero-order chi connectivity index (χ0) is 12.3. The monoisotopic (exact) mass is 231 g/mol. The van der Waals surface area contributed by atoms with Gasteiger partial charge in [0.1, 0.15) is 5.75 Å². The summed E-state index contributed by atoms with van der Waals surface area (Å²) in [6.45, 7) is 0.399. The van der Waals surface area contributed by atoms with Crippen molar-refractivity contribution in [2.75, 3.05) is 6.54 Å². The van der Waals surface area contributed by atoms with Crippen LogP contribution < -0.4 is 0 Å². The fourth-order valence-electron chi connectivity index (χ4n) is 1.70. The molecule has 1 amide bonds. The minimum Gasteiger partial charge on any atom is -0.505 e. The lowest BCUT2D eigenvalue weighted by Gasteiger charge is -2.20. The van der Waals surface area contributed by atoms with Crippen LogP contribution in [0.3, 0.4) is 0 Å². The Morgan fingerprint density at radius 1 is 1.65 bits per heavy atom. The molecule has 0 spiro atoms. The molecule has 88 valence electrons. The summed E-state index contributed by atoms with van der Waals surface area (Å²) < 4.78 is 0. The Kier molecular flexibility index (Phi) is 3.24. The fraction of sp³-hybridized carbons (Fsp3) is 0.417. The van der Waals surface area contributed by atoms with E-state index in [2.05, 4.69) is 4.98 Å². The van der Waals surface area contributed by atoms with Gasteiger partial charge in [0.25, 0.3) is 5.91 Å². The van der Waals surface area contributed by atoms with Gasteiger partial charge < -0.3 is 10.0 Å². The second-order valence-electron chi connectivity index (χ2n) is 4.01. The molecular weight excluding hydrogens is 218 g/mol. The van der Waals surface area contributed by atoms with Crippen LogP contribution >= 0.6 is 0 Å². The number of hydrogen-bond acceptors (Lipinski definition) is 4. The third kappa shape index (κ3) is 2.53. The summed E-state index contributed by atoms with van der Waals surface area (Å²) in [6, 6.07) is 5.24. The maximum Gasteiger partial charge on any atom is 0.276 e. The Bertz CT molecular complexity index is 463. The molecule has 1 aliphatic carbocycles. The second-order valence-corrected chi connectivity index (χ2v) is 4.01. The zero-order valence-corrected chi connectivity index (χ0v) is 9.33. The highest BCUT2D eigenvalue weighted by Gasteiger charge is 2.34. The first-order chi connectivity index (χ1) is 8.24. The molecule has 17 heavy (non-hydrogen) atoms. The van der Waals surface area contributed by atoms with Crippen LogP contribution in [0.1, 0.15) is 29.8 Å². The van der Waals surface area contributed by atoms with Gasteiger partial charge in [-0.25, -0.2) is 4.98 Å². The van der Waals surface area contributed by atoms with E-state index in [9.17, 15) is 9.90 Å². The normalized spacial score (nSPS) is 14.1. The number of aromatic hydroxyl groups is 1. The highest BCUT2D eigenvalue weighted by Crippen LogP contribution is 2.29. The van der Waals surface area contributed by atoms with Crippen LogP contribution in [-0.2, 0) is 0 Å². The summed E-state index contributed by atoms with van der Waals surface area (Å²) in [6.07, 6.45) is 3.70. The number of amides is 1. The van der Waals surface area contributed by atoms with Gasteiger partial charge in [-0.3, -0.25) is 4.79 Å². The fourth-order valence-corrected chi connectivity index (χ4v) is 1.70. The molecule has 0 bridgehead atoms. The Labute approximate surface area is 99.3 Å². The number of hydrogen-bond donors (Lipinski definition) is 1. The summed E-state index contributed by atoms with van der Waals surface area (Å²) in [5, 5.41) is 18.2. The molecule has 1 saturated carbocycles. The first-order valence-electron chi connectivity index (χ1n) is 5.56. The van der Waals surface area contributed by atoms with E-state index in [0.717, 1.165) is 12.8 Å². The van der Waals surface area contributed by atoms with Crippen molar-refractivity contribution in [2.24, 2.45) is 0 Å². The van der Waals surface area contributed by atoms with E-state index in [0.29, 0.717) is 13.0 Å². The average molecular weight is 231 g/mol. The summed E-state index contributed by atoms with van der Waals surface area (Å²) in [7, 11) is 0. The maximum absolute atomic E-state index is 12.1. The van der Waals surface area contributed by atoms with Gasteiger partial charge in [-0.2, -0.15) is 5.26 Å². The third-order valence-electron chi connectivity index (χ3n) is 2.70. The topological polar surface area (TPSA) is 77.2 Å². The Balaban J connectivity index is 2.16. The van der Waals surface area contributed by atoms with Gasteiger partial charge in [-0.05, 0) is 25.0 Å². The summed E-state index contributed by atoms with van der Waals surface area (Å²) in [5.74, 6) is -0.402. The molecule has 0 saturated heterocycles. The highest BCUT2D eigenvalue weighted by molar-refractivity contribution is 5.95. The van der Waals surface area contributed by atoms with Crippen molar-refractivity contribution in [3.05, 3.63) is 24.0 Å². The van der Waals surface area contributed by atoms with Crippen molar-refractivity contribution in [3.8, 4) is 11.8 Å². The lowest BCUT2D eigenvalue weighted by atomic mass is 10.2. The molecule has 0 atom stereocenters. The van der Waals surface area contributed by atoms with E-state index in [1.54, 1.807) is 11.0 Å². The Morgan fingerprint density at radius 2 is 2.41 bits per heavy atom. The largest absolute Gasteiger partial charge is 0.505 e. The highest BCUT2D eigenvalue weighted by atomic mass is 16.3. The number of pyridine rings is 1. The second kappa shape index (κ2) is 4.83. The van der Waals surface area contributed by atoms with Crippen LogP contribution in [0.4, 0.5) is 0 Å². The molecule has 1 aromatic heterocycles. The first-order valence-corrected chi connectivity index (χ1v) is 5.56. The average Bonchev–Trinajstić information content (AvgIpc) is 3.14. The Morgan fingerprint density at radius 3 is 3.00 bits per heavy atom. The lowest BCUT2D eigenvalue weighted by Crippen LogP contribution is -2.34. The van der Waals surface area contributed by atoms with Gasteiger partial charge in [0, 0.05) is 18.8 Å². The molecule has 0 aromatic carbocycles. The molecule has 0 radical (unpaired) electrons. The predicted molar refractivity (Wildman–Crippen MR) is 60.2 cm³/mol. The van der Waals surface area contributed by atoms with E-state index >= 15 is 0 Å². The third-order valence-corrected chi connectivity index (χ3v) is 2.70. The molecular formula is C12H13N3O2. The molecule has 0 unspecified atom stereocenters. The molecule has 1 fully saturated rings. The van der Waals surface area contributed by atoms with Gasteiger partial charge in [0.2, 0.25) is 0 Å². The number of carbonyl (C=O) groups excluding carboxylic acids is 1. The number of carbonyl (C=O) groups is 1. The van der Waals surface area contributed by atoms with E-state index in [1.165, 1.54) is 12.3 Å². The molecule has 5 nitrogen and oxygen atoms in total. The minimum absolute atomic E-state index is 0.0670. The first kappa shape index (κ1) is 11.4. The van der Waals surface area contributed by atoms with Gasteiger partial charge in [-0.1, -0.05) is 0 Å². The zero-order valence-electron chi connectivity index (χ0n) is 9.33. The summed E-state index contributed by atoms with van der Waals surface area (Å²) in [4.78, 5) is 17.7. The minimum atomic E-state index is -0.291. The standard InChI is InChI=1S/C12H13N3O2/c13-6-2-8-15(9-4-5-9)12(17)11-10(16)3-1-7-14-11/h1,3,7,9,16H,2,4-5,8H2.